The number of sulfonamides is 1. The Labute approximate surface area is 199 Å². The summed E-state index contributed by atoms with van der Waals surface area (Å²) in [4.78, 5) is 12.4. The van der Waals surface area contributed by atoms with Crippen LogP contribution in [0, 0.1) is 13.8 Å². The van der Waals surface area contributed by atoms with Crippen LogP contribution < -0.4 is 0 Å². The van der Waals surface area contributed by atoms with Gasteiger partial charge in [0.2, 0.25) is 10.0 Å². The van der Waals surface area contributed by atoms with Crippen molar-refractivity contribution in [2.24, 2.45) is 0 Å². The molecule has 4 rings (SSSR count). The number of aliphatic carboxylic acids is 1. The molecule has 7 heteroatoms. The molecule has 0 bridgehead atoms. The van der Waals surface area contributed by atoms with Gasteiger partial charge in [0, 0.05) is 5.02 Å². The van der Waals surface area contributed by atoms with E-state index in [1.807, 2.05) is 19.1 Å². The topological polar surface area (TPSA) is 74.7 Å². The number of carboxylic acid groups (broad SMARTS) is 1. The van der Waals surface area contributed by atoms with Gasteiger partial charge in [0.1, 0.15) is 0 Å². The fraction of sp³-hybridized carbons (Fsp3) is 0.192. The van der Waals surface area contributed by atoms with Crippen molar-refractivity contribution in [2.45, 2.75) is 37.2 Å². The molecule has 1 aliphatic rings. The van der Waals surface area contributed by atoms with Crippen molar-refractivity contribution >= 4 is 27.6 Å². The first kappa shape index (κ1) is 23.2. The van der Waals surface area contributed by atoms with E-state index in [2.05, 4.69) is 0 Å². The second-order valence-corrected chi connectivity index (χ2v) is 10.4. The number of carbonyl (C=O) groups is 1. The third-order valence-corrected chi connectivity index (χ3v) is 8.25. The second-order valence-electron chi connectivity index (χ2n) is 8.18. The normalized spacial score (nSPS) is 19.2. The summed E-state index contributed by atoms with van der Waals surface area (Å²) >= 11 is 6.08. The molecule has 2 atom stereocenters. The summed E-state index contributed by atoms with van der Waals surface area (Å²) in [5.74, 6) is -1.14. The van der Waals surface area contributed by atoms with Crippen LogP contribution in [0.3, 0.4) is 0 Å². The molecule has 0 spiro atoms. The molecule has 3 aromatic rings. The number of halogens is 1. The van der Waals surface area contributed by atoms with Gasteiger partial charge in [-0.25, -0.2) is 13.2 Å². The summed E-state index contributed by atoms with van der Waals surface area (Å²) in [7, 11) is -4.08. The number of carboxylic acids is 1. The fourth-order valence-corrected chi connectivity index (χ4v) is 6.42. The lowest BCUT2D eigenvalue weighted by molar-refractivity contribution is -0.133. The fourth-order valence-electron chi connectivity index (χ4n) is 4.28. The number of hydrogen-bond acceptors (Lipinski definition) is 3. The van der Waals surface area contributed by atoms with Crippen molar-refractivity contribution in [1.82, 2.24) is 4.31 Å². The van der Waals surface area contributed by atoms with E-state index in [-0.39, 0.29) is 16.9 Å². The molecule has 3 aromatic carbocycles. The molecule has 0 radical (unpaired) electrons. The molecule has 0 fully saturated rings. The third kappa shape index (κ3) is 4.47. The van der Waals surface area contributed by atoms with Crippen molar-refractivity contribution in [3.63, 3.8) is 0 Å². The molecule has 5 nitrogen and oxygen atoms in total. The van der Waals surface area contributed by atoms with E-state index in [0.29, 0.717) is 16.1 Å². The predicted molar refractivity (Wildman–Crippen MR) is 129 cm³/mol. The SMILES string of the molecule is Cc1ccc([C@H]2C(C(=O)O)=CC[C@@H](c3ccc(Cl)cc3)N2S(=O)(=O)c2ccccc2C)cc1. The highest BCUT2D eigenvalue weighted by atomic mass is 35.5. The quantitative estimate of drug-likeness (QED) is 0.496. The second kappa shape index (κ2) is 9.14. The van der Waals surface area contributed by atoms with Crippen molar-refractivity contribution in [3.8, 4) is 0 Å². The van der Waals surface area contributed by atoms with Gasteiger partial charge in [0.25, 0.3) is 0 Å². The van der Waals surface area contributed by atoms with Gasteiger partial charge in [-0.15, -0.1) is 0 Å². The van der Waals surface area contributed by atoms with Crippen LogP contribution in [-0.2, 0) is 14.8 Å². The average molecular weight is 482 g/mol. The van der Waals surface area contributed by atoms with Gasteiger partial charge in [-0.3, -0.25) is 0 Å². The van der Waals surface area contributed by atoms with Crippen LogP contribution in [0.25, 0.3) is 0 Å². The zero-order valence-electron chi connectivity index (χ0n) is 18.3. The van der Waals surface area contributed by atoms with E-state index in [4.69, 9.17) is 11.6 Å². The minimum Gasteiger partial charge on any atom is -0.478 e. The molecule has 1 N–H and O–H groups in total. The zero-order chi connectivity index (χ0) is 23.8. The van der Waals surface area contributed by atoms with Crippen molar-refractivity contribution in [2.75, 3.05) is 0 Å². The van der Waals surface area contributed by atoms with Gasteiger partial charge < -0.3 is 5.11 Å². The Bertz CT molecular complexity index is 1320. The zero-order valence-corrected chi connectivity index (χ0v) is 19.8. The van der Waals surface area contributed by atoms with Gasteiger partial charge in [-0.1, -0.05) is 77.8 Å². The van der Waals surface area contributed by atoms with Gasteiger partial charge in [-0.05, 0) is 55.2 Å². The van der Waals surface area contributed by atoms with Crippen molar-refractivity contribution in [1.29, 1.82) is 0 Å². The van der Waals surface area contributed by atoms with Crippen LogP contribution in [-0.4, -0.2) is 23.8 Å². The minimum atomic E-state index is -4.08. The first-order chi connectivity index (χ1) is 15.7. The molecule has 0 aliphatic carbocycles. The van der Waals surface area contributed by atoms with E-state index < -0.39 is 28.1 Å². The van der Waals surface area contributed by atoms with Gasteiger partial charge in [-0.2, -0.15) is 4.31 Å². The Hall–Kier alpha value is -2.93. The maximum atomic E-state index is 14.2. The number of hydrogen-bond donors (Lipinski definition) is 1. The summed E-state index contributed by atoms with van der Waals surface area (Å²) in [6.07, 6.45) is 1.87. The standard InChI is InChI=1S/C26H24ClNO4S/c1-17-7-9-20(10-8-17)25-22(26(29)30)15-16-23(19-11-13-21(27)14-12-19)28(25)33(31,32)24-6-4-3-5-18(24)2/h3-15,23,25H,16H2,1-2H3,(H,29,30)/t23-,25-/m0/s1. The van der Waals surface area contributed by atoms with Crippen LogP contribution in [0.5, 0.6) is 0 Å². The lowest BCUT2D eigenvalue weighted by Gasteiger charge is -2.41. The minimum absolute atomic E-state index is 0.0428. The first-order valence-corrected chi connectivity index (χ1v) is 12.4. The first-order valence-electron chi connectivity index (χ1n) is 10.5. The van der Waals surface area contributed by atoms with Crippen LogP contribution >= 0.6 is 11.6 Å². The average Bonchev–Trinajstić information content (AvgIpc) is 2.79. The Morgan fingerprint density at radius 3 is 2.15 bits per heavy atom. The Morgan fingerprint density at radius 1 is 0.939 bits per heavy atom. The number of benzene rings is 3. The highest BCUT2D eigenvalue weighted by Gasteiger charge is 2.44. The number of nitrogens with zero attached hydrogens (tertiary/aromatic N) is 1. The van der Waals surface area contributed by atoms with Crippen LogP contribution in [0.4, 0.5) is 0 Å². The van der Waals surface area contributed by atoms with Gasteiger partial charge >= 0.3 is 5.97 Å². The monoisotopic (exact) mass is 481 g/mol. The van der Waals surface area contributed by atoms with Crippen LogP contribution in [0.2, 0.25) is 5.02 Å². The molecular weight excluding hydrogens is 458 g/mol. The van der Waals surface area contributed by atoms with Gasteiger partial charge in [0.05, 0.1) is 22.6 Å². The van der Waals surface area contributed by atoms with Crippen molar-refractivity contribution in [3.05, 3.63) is 112 Å². The smallest absolute Gasteiger partial charge is 0.333 e. The highest BCUT2D eigenvalue weighted by molar-refractivity contribution is 7.89. The third-order valence-electron chi connectivity index (χ3n) is 5.96. The summed E-state index contributed by atoms with van der Waals surface area (Å²) in [5, 5.41) is 10.6. The predicted octanol–water partition coefficient (Wildman–Crippen LogP) is 5.84. The lowest BCUT2D eigenvalue weighted by Crippen LogP contribution is -2.42. The molecule has 0 unspecified atom stereocenters. The molecule has 1 aliphatic heterocycles. The van der Waals surface area contributed by atoms with E-state index in [1.165, 1.54) is 4.31 Å². The molecule has 0 saturated heterocycles. The molecule has 0 saturated carbocycles. The van der Waals surface area contributed by atoms with Crippen molar-refractivity contribution < 1.29 is 18.3 Å². The molecular formula is C26H24ClNO4S. The number of rotatable bonds is 5. The van der Waals surface area contributed by atoms with Crippen LogP contribution in [0.1, 0.15) is 40.8 Å². The molecule has 0 amide bonds. The Morgan fingerprint density at radius 2 is 1.55 bits per heavy atom. The molecule has 1 heterocycles. The Kier molecular flexibility index (Phi) is 6.43. The lowest BCUT2D eigenvalue weighted by atomic mass is 9.89. The van der Waals surface area contributed by atoms with E-state index in [1.54, 1.807) is 73.7 Å². The van der Waals surface area contributed by atoms with Gasteiger partial charge in [0.15, 0.2) is 0 Å². The number of aryl methyl sites for hydroxylation is 2. The maximum absolute atomic E-state index is 14.2. The highest BCUT2D eigenvalue weighted by Crippen LogP contribution is 2.46. The van der Waals surface area contributed by atoms with E-state index in [0.717, 1.165) is 11.1 Å². The Balaban J connectivity index is 1.98. The molecule has 170 valence electrons. The largest absolute Gasteiger partial charge is 0.478 e. The maximum Gasteiger partial charge on any atom is 0.333 e. The van der Waals surface area contributed by atoms with Crippen LogP contribution in [0.15, 0.2) is 89.3 Å². The summed E-state index contributed by atoms with van der Waals surface area (Å²) in [6.45, 7) is 3.67. The van der Waals surface area contributed by atoms with E-state index >= 15 is 0 Å². The molecule has 0 aromatic heterocycles. The summed E-state index contributed by atoms with van der Waals surface area (Å²) < 4.78 is 29.7. The van der Waals surface area contributed by atoms with E-state index in [9.17, 15) is 18.3 Å². The summed E-state index contributed by atoms with van der Waals surface area (Å²) in [6, 6.07) is 19.5. The molecule has 33 heavy (non-hydrogen) atoms. The summed E-state index contributed by atoms with van der Waals surface area (Å²) in [5.41, 5.74) is 2.99.